The van der Waals surface area contributed by atoms with Crippen LogP contribution in [-0.2, 0) is 17.1 Å². The molecule has 8 heteroatoms. The number of benzene rings is 1. The van der Waals surface area contributed by atoms with Gasteiger partial charge < -0.3 is 10.2 Å². The van der Waals surface area contributed by atoms with Crippen molar-refractivity contribution in [1.82, 2.24) is 8.87 Å². The second-order valence-corrected chi connectivity index (χ2v) is 8.03. The van der Waals surface area contributed by atoms with Gasteiger partial charge >= 0.3 is 5.76 Å². The van der Waals surface area contributed by atoms with Crippen LogP contribution in [0, 0.1) is 5.92 Å². The minimum atomic E-state index is -3.63. The van der Waals surface area contributed by atoms with Gasteiger partial charge in [0.2, 0.25) is 10.0 Å². The van der Waals surface area contributed by atoms with Crippen LogP contribution >= 0.6 is 0 Å². The van der Waals surface area contributed by atoms with Crippen LogP contribution in [0.25, 0.3) is 11.1 Å². The van der Waals surface area contributed by atoms with Crippen molar-refractivity contribution in [3.8, 4) is 0 Å². The fourth-order valence-corrected chi connectivity index (χ4v) is 4.70. The lowest BCUT2D eigenvalue weighted by Gasteiger charge is -2.16. The van der Waals surface area contributed by atoms with Crippen molar-refractivity contribution in [2.24, 2.45) is 18.7 Å². The van der Waals surface area contributed by atoms with Crippen LogP contribution in [0.4, 0.5) is 0 Å². The maximum absolute atomic E-state index is 12.8. The molecular formula is C15H21N3O4S. The van der Waals surface area contributed by atoms with Crippen LogP contribution in [-0.4, -0.2) is 36.4 Å². The molecule has 0 bridgehead atoms. The summed E-state index contributed by atoms with van der Waals surface area (Å²) >= 11 is 0. The van der Waals surface area contributed by atoms with Crippen LogP contribution in [0.3, 0.4) is 0 Å². The Kier molecular flexibility index (Phi) is 4.07. The first-order valence-electron chi connectivity index (χ1n) is 7.70. The molecule has 0 radical (unpaired) electrons. The lowest BCUT2D eigenvalue weighted by atomic mass is 9.99. The molecule has 3 rings (SSSR count). The first kappa shape index (κ1) is 16.2. The number of hydrogen-bond donors (Lipinski definition) is 1. The first-order valence-corrected chi connectivity index (χ1v) is 9.14. The van der Waals surface area contributed by atoms with Gasteiger partial charge in [-0.25, -0.2) is 13.2 Å². The Hall–Kier alpha value is -1.64. The fraction of sp³-hybridized carbons (Fsp3) is 0.533. The molecule has 7 nitrogen and oxygen atoms in total. The van der Waals surface area contributed by atoms with E-state index in [1.165, 1.54) is 27.1 Å². The summed E-state index contributed by atoms with van der Waals surface area (Å²) in [6, 6.07) is 4.34. The number of nitrogens with two attached hydrogens (primary N) is 1. The number of aromatic nitrogens is 1. The van der Waals surface area contributed by atoms with Gasteiger partial charge in [-0.2, -0.15) is 4.31 Å². The van der Waals surface area contributed by atoms with E-state index in [1.54, 1.807) is 7.05 Å². The van der Waals surface area contributed by atoms with E-state index in [2.05, 4.69) is 6.92 Å². The van der Waals surface area contributed by atoms with Gasteiger partial charge in [0, 0.05) is 26.2 Å². The van der Waals surface area contributed by atoms with E-state index in [1.807, 2.05) is 0 Å². The zero-order chi connectivity index (χ0) is 16.8. The molecule has 1 aromatic carbocycles. The van der Waals surface area contributed by atoms with E-state index in [0.717, 1.165) is 12.8 Å². The Morgan fingerprint density at radius 3 is 2.78 bits per heavy atom. The predicted octanol–water partition coefficient (Wildman–Crippen LogP) is 0.879. The lowest BCUT2D eigenvalue weighted by Crippen LogP contribution is -2.32. The normalized spacial score (nSPS) is 22.9. The van der Waals surface area contributed by atoms with Gasteiger partial charge in [-0.05, 0) is 30.5 Å². The summed E-state index contributed by atoms with van der Waals surface area (Å²) in [6.07, 6.45) is 1.90. The molecule has 0 saturated carbocycles. The molecule has 0 spiro atoms. The highest BCUT2D eigenvalue weighted by molar-refractivity contribution is 7.89. The molecule has 1 aliphatic heterocycles. The quantitative estimate of drug-likeness (QED) is 0.891. The van der Waals surface area contributed by atoms with Crippen LogP contribution in [0.5, 0.6) is 0 Å². The van der Waals surface area contributed by atoms with Gasteiger partial charge in [0.25, 0.3) is 0 Å². The largest absolute Gasteiger partial charge is 0.419 e. The predicted molar refractivity (Wildman–Crippen MR) is 86.6 cm³/mol. The first-order chi connectivity index (χ1) is 10.8. The Balaban J connectivity index is 1.97. The molecule has 0 unspecified atom stereocenters. The molecule has 1 saturated heterocycles. The van der Waals surface area contributed by atoms with Crippen molar-refractivity contribution in [3.63, 3.8) is 0 Å². The average Bonchev–Trinajstić information content (AvgIpc) is 3.01. The highest BCUT2D eigenvalue weighted by Crippen LogP contribution is 2.27. The number of oxazole rings is 1. The molecule has 2 heterocycles. The Morgan fingerprint density at radius 1 is 1.35 bits per heavy atom. The standard InChI is InChI=1S/C15H21N3O4S/c1-3-4-10-8-18(9-12(10)16)23(20,21)11-5-6-14-13(7-11)17(2)15(19)22-14/h5-7,10,12H,3-4,8-9,16H2,1-2H3/t10-,12-/m1/s1. The van der Waals surface area contributed by atoms with Gasteiger partial charge in [0.15, 0.2) is 5.58 Å². The Bertz CT molecular complexity index is 884. The topological polar surface area (TPSA) is 98.5 Å². The molecule has 0 aliphatic carbocycles. The summed E-state index contributed by atoms with van der Waals surface area (Å²) in [7, 11) is -2.08. The third kappa shape index (κ3) is 2.71. The van der Waals surface area contributed by atoms with Crippen molar-refractivity contribution in [2.75, 3.05) is 13.1 Å². The smallest absolute Gasteiger partial charge is 0.408 e. The summed E-state index contributed by atoms with van der Waals surface area (Å²) in [5.74, 6) is -0.322. The second-order valence-electron chi connectivity index (χ2n) is 6.09. The van der Waals surface area contributed by atoms with E-state index in [9.17, 15) is 13.2 Å². The third-order valence-corrected chi connectivity index (χ3v) is 6.35. The van der Waals surface area contributed by atoms with Gasteiger partial charge in [-0.1, -0.05) is 13.3 Å². The van der Waals surface area contributed by atoms with Gasteiger partial charge in [0.05, 0.1) is 10.4 Å². The summed E-state index contributed by atoms with van der Waals surface area (Å²) in [5, 5.41) is 0. The number of hydrogen-bond acceptors (Lipinski definition) is 5. The number of fused-ring (bicyclic) bond motifs is 1. The SMILES string of the molecule is CCC[C@@H]1CN(S(=O)(=O)c2ccc3oc(=O)n(C)c3c2)C[C@H]1N. The van der Waals surface area contributed by atoms with E-state index in [4.69, 9.17) is 10.2 Å². The number of sulfonamides is 1. The minimum Gasteiger partial charge on any atom is -0.408 e. The summed E-state index contributed by atoms with van der Waals surface area (Å²) in [4.78, 5) is 11.7. The molecule has 2 atom stereocenters. The van der Waals surface area contributed by atoms with Gasteiger partial charge in [0.1, 0.15) is 0 Å². The average molecular weight is 339 g/mol. The lowest BCUT2D eigenvalue weighted by molar-refractivity contribution is 0.439. The summed E-state index contributed by atoms with van der Waals surface area (Å²) < 4.78 is 33.5. The molecule has 1 aliphatic rings. The maximum Gasteiger partial charge on any atom is 0.419 e. The van der Waals surface area contributed by atoms with Crippen LogP contribution < -0.4 is 11.5 Å². The van der Waals surface area contributed by atoms with E-state index in [-0.39, 0.29) is 16.9 Å². The molecule has 0 amide bonds. The molecule has 1 fully saturated rings. The molecule has 2 N–H and O–H groups in total. The van der Waals surface area contributed by atoms with Crippen LogP contribution in [0.2, 0.25) is 0 Å². The van der Waals surface area contributed by atoms with E-state index >= 15 is 0 Å². The zero-order valence-corrected chi connectivity index (χ0v) is 14.0. The van der Waals surface area contributed by atoms with E-state index < -0.39 is 15.8 Å². The molecule has 126 valence electrons. The summed E-state index contributed by atoms with van der Waals surface area (Å²) in [5.41, 5.74) is 6.92. The summed E-state index contributed by atoms with van der Waals surface area (Å²) in [6.45, 7) is 2.84. The fourth-order valence-electron chi connectivity index (χ4n) is 3.14. The Morgan fingerprint density at radius 2 is 2.09 bits per heavy atom. The van der Waals surface area contributed by atoms with Crippen molar-refractivity contribution >= 4 is 21.1 Å². The molecule has 1 aromatic heterocycles. The number of nitrogens with zero attached hydrogens (tertiary/aromatic N) is 2. The monoisotopic (exact) mass is 339 g/mol. The second kappa shape index (κ2) is 5.77. The molecular weight excluding hydrogens is 318 g/mol. The molecule has 23 heavy (non-hydrogen) atoms. The zero-order valence-electron chi connectivity index (χ0n) is 13.2. The third-order valence-electron chi connectivity index (χ3n) is 4.52. The van der Waals surface area contributed by atoms with Gasteiger partial charge in [-0.15, -0.1) is 0 Å². The highest BCUT2D eigenvalue weighted by Gasteiger charge is 2.37. The minimum absolute atomic E-state index is 0.133. The number of aryl methyl sites for hydroxylation is 1. The Labute approximate surface area is 134 Å². The van der Waals surface area contributed by atoms with E-state index in [0.29, 0.717) is 24.2 Å². The molecule has 2 aromatic rings. The van der Waals surface area contributed by atoms with Crippen molar-refractivity contribution in [2.45, 2.75) is 30.7 Å². The van der Waals surface area contributed by atoms with Crippen LogP contribution in [0.15, 0.2) is 32.3 Å². The van der Waals surface area contributed by atoms with Crippen LogP contribution in [0.1, 0.15) is 19.8 Å². The van der Waals surface area contributed by atoms with Crippen molar-refractivity contribution in [1.29, 1.82) is 0 Å². The van der Waals surface area contributed by atoms with Crippen molar-refractivity contribution < 1.29 is 12.8 Å². The maximum atomic E-state index is 12.8. The number of rotatable bonds is 4. The van der Waals surface area contributed by atoms with Gasteiger partial charge in [-0.3, -0.25) is 4.57 Å². The highest BCUT2D eigenvalue weighted by atomic mass is 32.2. The van der Waals surface area contributed by atoms with Crippen molar-refractivity contribution in [3.05, 3.63) is 28.7 Å².